The molecule has 0 unspecified atom stereocenters. The molecule has 2 N–H and O–H groups in total. The first kappa shape index (κ1) is 13.0. The minimum absolute atomic E-state index is 0.0954. The van der Waals surface area contributed by atoms with Gasteiger partial charge in [0.1, 0.15) is 5.69 Å². The van der Waals surface area contributed by atoms with Gasteiger partial charge >= 0.3 is 5.97 Å². The molecule has 0 aliphatic carbocycles. The third-order valence-electron chi connectivity index (χ3n) is 2.71. The molecular weight excluding hydrogens is 244 g/mol. The molecule has 0 spiro atoms. The van der Waals surface area contributed by atoms with E-state index < -0.39 is 5.97 Å². The molecule has 19 heavy (non-hydrogen) atoms. The number of aromatic nitrogens is 1. The molecule has 1 aromatic carbocycles. The number of nitrogens with one attached hydrogen (secondary N) is 1. The van der Waals surface area contributed by atoms with E-state index in [1.807, 2.05) is 37.3 Å². The average Bonchev–Trinajstić information content (AvgIpc) is 2.37. The lowest BCUT2D eigenvalue weighted by molar-refractivity contribution is -0.136. The maximum Gasteiger partial charge on any atom is 0.305 e. The highest BCUT2D eigenvalue weighted by atomic mass is 16.4. The van der Waals surface area contributed by atoms with E-state index in [-0.39, 0.29) is 18.9 Å². The number of amides is 1. The highest BCUT2D eigenvalue weighted by Crippen LogP contribution is 2.18. The zero-order valence-corrected chi connectivity index (χ0v) is 10.5. The number of carbonyl (C=O) groups is 2. The van der Waals surface area contributed by atoms with E-state index in [0.717, 1.165) is 16.5 Å². The standard InChI is InChI=1S/C14H14N2O3/c1-9-8-10-4-2-3-5-11(10)13(16-9)14(19)15-7-6-12(17)18/h2-5,8H,6-7H2,1H3,(H,15,19)(H,17,18). The number of hydrogen-bond acceptors (Lipinski definition) is 3. The zero-order chi connectivity index (χ0) is 13.8. The molecule has 98 valence electrons. The summed E-state index contributed by atoms with van der Waals surface area (Å²) in [5.74, 6) is -1.29. The second kappa shape index (κ2) is 5.48. The number of hydrogen-bond donors (Lipinski definition) is 2. The van der Waals surface area contributed by atoms with Gasteiger partial charge in [-0.15, -0.1) is 0 Å². The van der Waals surface area contributed by atoms with Crippen molar-refractivity contribution in [1.82, 2.24) is 10.3 Å². The summed E-state index contributed by atoms with van der Waals surface area (Å²) in [4.78, 5) is 26.7. The van der Waals surface area contributed by atoms with E-state index in [2.05, 4.69) is 10.3 Å². The maximum atomic E-state index is 12.0. The number of aliphatic carboxylic acids is 1. The molecule has 2 aromatic rings. The van der Waals surface area contributed by atoms with Crippen molar-refractivity contribution < 1.29 is 14.7 Å². The van der Waals surface area contributed by atoms with E-state index in [9.17, 15) is 9.59 Å². The van der Waals surface area contributed by atoms with Gasteiger partial charge in [-0.25, -0.2) is 4.98 Å². The van der Waals surface area contributed by atoms with E-state index >= 15 is 0 Å². The minimum atomic E-state index is -0.942. The summed E-state index contributed by atoms with van der Waals surface area (Å²) in [5, 5.41) is 12.8. The summed E-state index contributed by atoms with van der Waals surface area (Å²) in [6, 6.07) is 9.39. The largest absolute Gasteiger partial charge is 0.481 e. The lowest BCUT2D eigenvalue weighted by Gasteiger charge is -2.07. The molecule has 1 aromatic heterocycles. The van der Waals surface area contributed by atoms with Crippen LogP contribution in [0.5, 0.6) is 0 Å². The van der Waals surface area contributed by atoms with Crippen LogP contribution in [-0.4, -0.2) is 28.5 Å². The molecule has 2 rings (SSSR count). The molecule has 0 aliphatic heterocycles. The molecule has 0 atom stereocenters. The number of carboxylic acids is 1. The van der Waals surface area contributed by atoms with Crippen LogP contribution in [0, 0.1) is 6.92 Å². The van der Waals surface area contributed by atoms with Crippen molar-refractivity contribution >= 4 is 22.6 Å². The molecule has 1 amide bonds. The van der Waals surface area contributed by atoms with E-state index in [4.69, 9.17) is 5.11 Å². The summed E-state index contributed by atoms with van der Waals surface area (Å²) in [6.45, 7) is 1.92. The number of nitrogens with zero attached hydrogens (tertiary/aromatic N) is 1. The molecule has 5 heteroatoms. The summed E-state index contributed by atoms with van der Waals surface area (Å²) in [6.07, 6.45) is -0.102. The normalized spacial score (nSPS) is 10.4. The predicted octanol–water partition coefficient (Wildman–Crippen LogP) is 1.75. The summed E-state index contributed by atoms with van der Waals surface area (Å²) < 4.78 is 0. The Balaban J connectivity index is 2.28. The Hall–Kier alpha value is -2.43. The van der Waals surface area contributed by atoms with Crippen molar-refractivity contribution in [2.75, 3.05) is 6.54 Å². The van der Waals surface area contributed by atoms with E-state index in [1.54, 1.807) is 0 Å². The Bertz CT molecular complexity index is 638. The van der Waals surface area contributed by atoms with E-state index in [0.29, 0.717) is 5.69 Å². The molecule has 5 nitrogen and oxygen atoms in total. The van der Waals surface area contributed by atoms with Crippen molar-refractivity contribution in [2.24, 2.45) is 0 Å². The van der Waals surface area contributed by atoms with Gasteiger partial charge in [0.05, 0.1) is 6.42 Å². The molecule has 0 fully saturated rings. The first-order valence-corrected chi connectivity index (χ1v) is 5.94. The number of fused-ring (bicyclic) bond motifs is 1. The molecular formula is C14H14N2O3. The lowest BCUT2D eigenvalue weighted by atomic mass is 10.1. The van der Waals surface area contributed by atoms with Crippen LogP contribution in [0.1, 0.15) is 22.6 Å². The number of rotatable bonds is 4. The quantitative estimate of drug-likeness (QED) is 0.875. The third kappa shape index (κ3) is 3.07. The van der Waals surface area contributed by atoms with Crippen molar-refractivity contribution in [3.05, 3.63) is 41.7 Å². The van der Waals surface area contributed by atoms with Gasteiger partial charge in [0, 0.05) is 17.6 Å². The van der Waals surface area contributed by atoms with Crippen molar-refractivity contribution in [3.8, 4) is 0 Å². The number of carbonyl (C=O) groups excluding carboxylic acids is 1. The van der Waals surface area contributed by atoms with Gasteiger partial charge in [0.25, 0.3) is 5.91 Å². The smallest absolute Gasteiger partial charge is 0.305 e. The molecule has 0 aliphatic rings. The number of aryl methyl sites for hydroxylation is 1. The van der Waals surface area contributed by atoms with Gasteiger partial charge in [-0.2, -0.15) is 0 Å². The van der Waals surface area contributed by atoms with Gasteiger partial charge in [0.2, 0.25) is 0 Å². The summed E-state index contributed by atoms with van der Waals surface area (Å²) >= 11 is 0. The Morgan fingerprint density at radius 1 is 1.32 bits per heavy atom. The second-order valence-corrected chi connectivity index (χ2v) is 4.23. The lowest BCUT2D eigenvalue weighted by Crippen LogP contribution is -2.27. The topological polar surface area (TPSA) is 79.3 Å². The van der Waals surface area contributed by atoms with Crippen LogP contribution in [0.15, 0.2) is 30.3 Å². The monoisotopic (exact) mass is 258 g/mol. The Kier molecular flexibility index (Phi) is 3.75. The van der Waals surface area contributed by atoms with Crippen LogP contribution in [-0.2, 0) is 4.79 Å². The van der Waals surface area contributed by atoms with Crippen LogP contribution >= 0.6 is 0 Å². The van der Waals surface area contributed by atoms with Crippen molar-refractivity contribution in [1.29, 1.82) is 0 Å². The molecule has 0 saturated heterocycles. The number of carboxylic acid groups (broad SMARTS) is 1. The number of pyridine rings is 1. The second-order valence-electron chi connectivity index (χ2n) is 4.23. The first-order chi connectivity index (χ1) is 9.08. The van der Waals surface area contributed by atoms with Gasteiger partial charge in [0.15, 0.2) is 0 Å². The predicted molar refractivity (Wildman–Crippen MR) is 71.1 cm³/mol. The van der Waals surface area contributed by atoms with E-state index in [1.165, 1.54) is 0 Å². The van der Waals surface area contributed by atoms with Crippen LogP contribution in [0.2, 0.25) is 0 Å². The Labute approximate surface area is 110 Å². The molecule has 1 heterocycles. The highest BCUT2D eigenvalue weighted by molar-refractivity contribution is 6.05. The summed E-state index contributed by atoms with van der Waals surface area (Å²) in [5.41, 5.74) is 1.09. The Morgan fingerprint density at radius 3 is 2.79 bits per heavy atom. The SMILES string of the molecule is Cc1cc2ccccc2c(C(=O)NCCC(=O)O)n1. The minimum Gasteiger partial charge on any atom is -0.481 e. The molecule has 0 radical (unpaired) electrons. The third-order valence-corrected chi connectivity index (χ3v) is 2.71. The fourth-order valence-electron chi connectivity index (χ4n) is 1.87. The highest BCUT2D eigenvalue weighted by Gasteiger charge is 2.12. The Morgan fingerprint density at radius 2 is 2.05 bits per heavy atom. The van der Waals surface area contributed by atoms with Gasteiger partial charge in [-0.3, -0.25) is 9.59 Å². The van der Waals surface area contributed by atoms with Gasteiger partial charge in [-0.05, 0) is 18.4 Å². The van der Waals surface area contributed by atoms with Crippen LogP contribution in [0.25, 0.3) is 10.8 Å². The van der Waals surface area contributed by atoms with Crippen LogP contribution < -0.4 is 5.32 Å². The molecule has 0 saturated carbocycles. The average molecular weight is 258 g/mol. The summed E-state index contributed by atoms with van der Waals surface area (Å²) in [7, 11) is 0. The van der Waals surface area contributed by atoms with Gasteiger partial charge in [-0.1, -0.05) is 24.3 Å². The maximum absolute atomic E-state index is 12.0. The molecule has 0 bridgehead atoms. The number of benzene rings is 1. The van der Waals surface area contributed by atoms with Crippen molar-refractivity contribution in [3.63, 3.8) is 0 Å². The zero-order valence-electron chi connectivity index (χ0n) is 10.5. The van der Waals surface area contributed by atoms with Crippen LogP contribution in [0.4, 0.5) is 0 Å². The van der Waals surface area contributed by atoms with Gasteiger partial charge < -0.3 is 10.4 Å². The fraction of sp³-hybridized carbons (Fsp3) is 0.214. The van der Waals surface area contributed by atoms with Crippen molar-refractivity contribution in [2.45, 2.75) is 13.3 Å². The fourth-order valence-corrected chi connectivity index (χ4v) is 1.87. The first-order valence-electron chi connectivity index (χ1n) is 5.94. The van der Waals surface area contributed by atoms with Crippen LogP contribution in [0.3, 0.4) is 0 Å².